The van der Waals surface area contributed by atoms with Gasteiger partial charge in [-0.25, -0.2) is 0 Å². The maximum atomic E-state index is 3.82. The molecule has 0 atom stereocenters. The Kier molecular flexibility index (Phi) is 4.06. The third-order valence-electron chi connectivity index (χ3n) is 4.56. The van der Waals surface area contributed by atoms with E-state index < -0.39 is 0 Å². The minimum atomic E-state index is 1.08. The van der Waals surface area contributed by atoms with Gasteiger partial charge in [-0.15, -0.1) is 0 Å². The van der Waals surface area contributed by atoms with Crippen LogP contribution in [0.15, 0.2) is 83.9 Å². The summed E-state index contributed by atoms with van der Waals surface area (Å²) in [5, 5.41) is 2.52. The summed E-state index contributed by atoms with van der Waals surface area (Å²) in [4.78, 5) is 0. The van der Waals surface area contributed by atoms with Crippen LogP contribution in [0.2, 0.25) is 0 Å². The number of hydrogen-bond donors (Lipinski definition) is 0. The van der Waals surface area contributed by atoms with Crippen molar-refractivity contribution in [3.05, 3.63) is 95.0 Å². The van der Waals surface area contributed by atoms with Gasteiger partial charge in [0.1, 0.15) is 0 Å². The van der Waals surface area contributed by atoms with Gasteiger partial charge < -0.3 is 4.57 Å². The molecular weight excluding hydrogens is 370 g/mol. The number of halogens is 1. The Morgan fingerprint density at radius 3 is 2.48 bits per heavy atom. The first-order chi connectivity index (χ1) is 12.2. The summed E-state index contributed by atoms with van der Waals surface area (Å²) in [6.07, 6.45) is 5.98. The largest absolute Gasteiger partial charge is 0.309 e. The molecule has 0 fully saturated rings. The van der Waals surface area contributed by atoms with Gasteiger partial charge >= 0.3 is 0 Å². The summed E-state index contributed by atoms with van der Waals surface area (Å²) >= 11 is 3.63. The number of aryl methyl sites for hydroxylation is 1. The van der Waals surface area contributed by atoms with Crippen molar-refractivity contribution in [3.63, 3.8) is 0 Å². The molecule has 2 heteroatoms. The molecule has 3 aromatic carbocycles. The quantitative estimate of drug-likeness (QED) is 0.331. The molecular formula is C23H18BrN. The SMILES string of the molecule is C=C/C=C\c1c(C)ccc2c3ccc(Br)cc3n(-c3ccccc3)c12. The van der Waals surface area contributed by atoms with Crippen LogP contribution in [0.1, 0.15) is 11.1 Å². The van der Waals surface area contributed by atoms with Crippen molar-refractivity contribution in [2.75, 3.05) is 0 Å². The highest BCUT2D eigenvalue weighted by Crippen LogP contribution is 2.36. The average molecular weight is 388 g/mol. The second-order valence-corrected chi connectivity index (χ2v) is 7.04. The maximum absolute atomic E-state index is 3.82. The molecule has 0 bridgehead atoms. The first-order valence-electron chi connectivity index (χ1n) is 8.28. The van der Waals surface area contributed by atoms with Gasteiger partial charge in [-0.05, 0) is 36.8 Å². The molecule has 1 heterocycles. The van der Waals surface area contributed by atoms with Crippen molar-refractivity contribution in [3.8, 4) is 5.69 Å². The Balaban J connectivity index is 2.25. The Hall–Kier alpha value is -2.58. The standard InChI is InChI=1S/C23H18BrN/c1-3-4-10-19-16(2)11-13-21-20-14-12-17(24)15-22(20)25(23(19)21)18-8-6-5-7-9-18/h3-15H,1H2,2H3/b10-4-. The fourth-order valence-corrected chi connectivity index (χ4v) is 3.77. The van der Waals surface area contributed by atoms with Crippen LogP contribution in [-0.4, -0.2) is 4.57 Å². The van der Waals surface area contributed by atoms with Crippen LogP contribution < -0.4 is 0 Å². The van der Waals surface area contributed by atoms with Gasteiger partial charge in [0.05, 0.1) is 11.0 Å². The summed E-state index contributed by atoms with van der Waals surface area (Å²) in [7, 11) is 0. The number of para-hydroxylation sites is 1. The maximum Gasteiger partial charge on any atom is 0.0616 e. The molecule has 0 saturated carbocycles. The fourth-order valence-electron chi connectivity index (χ4n) is 3.43. The van der Waals surface area contributed by atoms with E-state index in [0.29, 0.717) is 0 Å². The monoisotopic (exact) mass is 387 g/mol. The van der Waals surface area contributed by atoms with E-state index in [0.717, 1.165) is 4.47 Å². The third-order valence-corrected chi connectivity index (χ3v) is 5.06. The zero-order valence-electron chi connectivity index (χ0n) is 14.0. The Morgan fingerprint density at radius 2 is 1.72 bits per heavy atom. The zero-order valence-corrected chi connectivity index (χ0v) is 15.6. The van der Waals surface area contributed by atoms with Gasteiger partial charge in [0, 0.05) is 26.5 Å². The molecule has 0 unspecified atom stereocenters. The highest BCUT2D eigenvalue weighted by atomic mass is 79.9. The molecule has 0 saturated heterocycles. The van der Waals surface area contributed by atoms with E-state index in [9.17, 15) is 0 Å². The number of allylic oxidation sites excluding steroid dienone is 2. The van der Waals surface area contributed by atoms with Gasteiger partial charge in [0.25, 0.3) is 0 Å². The molecule has 1 aromatic heterocycles. The predicted molar refractivity (Wildman–Crippen MR) is 112 cm³/mol. The summed E-state index contributed by atoms with van der Waals surface area (Å²) in [5.41, 5.74) is 6.09. The van der Waals surface area contributed by atoms with Crippen molar-refractivity contribution >= 4 is 43.8 Å². The highest BCUT2D eigenvalue weighted by Gasteiger charge is 2.15. The first-order valence-corrected chi connectivity index (χ1v) is 9.08. The van der Waals surface area contributed by atoms with Crippen molar-refractivity contribution in [1.29, 1.82) is 0 Å². The Labute approximate surface area is 156 Å². The lowest BCUT2D eigenvalue weighted by Gasteiger charge is -2.11. The summed E-state index contributed by atoms with van der Waals surface area (Å²) < 4.78 is 3.44. The Bertz CT molecular complexity index is 1120. The number of benzene rings is 3. The van der Waals surface area contributed by atoms with Crippen LogP contribution in [0.25, 0.3) is 33.6 Å². The lowest BCUT2D eigenvalue weighted by molar-refractivity contribution is 1.17. The molecule has 0 aliphatic rings. The fraction of sp³-hybridized carbons (Fsp3) is 0.0435. The lowest BCUT2D eigenvalue weighted by Crippen LogP contribution is -1.96. The normalized spacial score (nSPS) is 11.6. The topological polar surface area (TPSA) is 4.93 Å². The minimum Gasteiger partial charge on any atom is -0.309 e. The van der Waals surface area contributed by atoms with Gasteiger partial charge in [0.2, 0.25) is 0 Å². The first kappa shape index (κ1) is 15.9. The highest BCUT2D eigenvalue weighted by molar-refractivity contribution is 9.10. The van der Waals surface area contributed by atoms with Crippen LogP contribution in [-0.2, 0) is 0 Å². The smallest absolute Gasteiger partial charge is 0.0616 e. The third kappa shape index (κ3) is 2.63. The molecule has 1 nitrogen and oxygen atoms in total. The van der Waals surface area contributed by atoms with E-state index in [1.54, 1.807) is 0 Å². The van der Waals surface area contributed by atoms with Crippen molar-refractivity contribution < 1.29 is 0 Å². The Morgan fingerprint density at radius 1 is 0.960 bits per heavy atom. The summed E-state index contributed by atoms with van der Waals surface area (Å²) in [5.74, 6) is 0. The number of aromatic nitrogens is 1. The molecule has 4 rings (SSSR count). The molecule has 0 aliphatic heterocycles. The van der Waals surface area contributed by atoms with Crippen molar-refractivity contribution in [1.82, 2.24) is 4.57 Å². The van der Waals surface area contributed by atoms with Crippen molar-refractivity contribution in [2.24, 2.45) is 0 Å². The molecule has 25 heavy (non-hydrogen) atoms. The van der Waals surface area contributed by atoms with E-state index in [4.69, 9.17) is 0 Å². The van der Waals surface area contributed by atoms with Crippen LogP contribution in [0.3, 0.4) is 0 Å². The second-order valence-electron chi connectivity index (χ2n) is 6.12. The van der Waals surface area contributed by atoms with E-state index >= 15 is 0 Å². The number of nitrogens with zero attached hydrogens (tertiary/aromatic N) is 1. The van der Waals surface area contributed by atoms with Gasteiger partial charge in [-0.2, -0.15) is 0 Å². The van der Waals surface area contributed by atoms with Crippen LogP contribution in [0.5, 0.6) is 0 Å². The van der Waals surface area contributed by atoms with E-state index in [1.165, 1.54) is 38.6 Å². The number of fused-ring (bicyclic) bond motifs is 3. The molecule has 0 radical (unpaired) electrons. The van der Waals surface area contributed by atoms with Gasteiger partial charge in [0.15, 0.2) is 0 Å². The molecule has 122 valence electrons. The van der Waals surface area contributed by atoms with E-state index in [-0.39, 0.29) is 0 Å². The molecule has 0 spiro atoms. The van der Waals surface area contributed by atoms with E-state index in [1.807, 2.05) is 12.2 Å². The number of hydrogen-bond acceptors (Lipinski definition) is 0. The number of rotatable bonds is 3. The van der Waals surface area contributed by atoms with E-state index in [2.05, 4.69) is 101 Å². The average Bonchev–Trinajstić information content (AvgIpc) is 2.95. The minimum absolute atomic E-state index is 1.08. The summed E-state index contributed by atoms with van der Waals surface area (Å²) in [6, 6.07) is 21.4. The van der Waals surface area contributed by atoms with Gasteiger partial charge in [-0.3, -0.25) is 0 Å². The van der Waals surface area contributed by atoms with Crippen molar-refractivity contribution in [2.45, 2.75) is 6.92 Å². The molecule has 4 aromatic rings. The van der Waals surface area contributed by atoms with Crippen LogP contribution in [0.4, 0.5) is 0 Å². The zero-order chi connectivity index (χ0) is 17.4. The van der Waals surface area contributed by atoms with Gasteiger partial charge in [-0.1, -0.05) is 77.1 Å². The molecule has 0 N–H and O–H groups in total. The summed E-state index contributed by atoms with van der Waals surface area (Å²) in [6.45, 7) is 5.98. The van der Waals surface area contributed by atoms with Crippen LogP contribution in [0, 0.1) is 6.92 Å². The molecule has 0 aliphatic carbocycles. The molecule has 0 amide bonds. The second kappa shape index (κ2) is 6.38. The van der Waals surface area contributed by atoms with Crippen LogP contribution >= 0.6 is 15.9 Å². The lowest BCUT2D eigenvalue weighted by atomic mass is 10.0. The predicted octanol–water partition coefficient (Wildman–Crippen LogP) is 7.05.